The van der Waals surface area contributed by atoms with E-state index in [1.807, 2.05) is 0 Å². The number of hydrogen-bond donors (Lipinski definition) is 1. The van der Waals surface area contributed by atoms with Crippen molar-refractivity contribution in [3.63, 3.8) is 0 Å². The third kappa shape index (κ3) is 2.62. The number of likely N-dealkylation sites (N-methyl/N-ethyl adjacent to an activating group) is 1. The highest BCUT2D eigenvalue weighted by molar-refractivity contribution is 7.89. The van der Waals surface area contributed by atoms with Crippen LogP contribution in [-0.4, -0.2) is 33.4 Å². The average molecular weight is 274 g/mol. The van der Waals surface area contributed by atoms with E-state index in [9.17, 15) is 12.8 Å². The van der Waals surface area contributed by atoms with Gasteiger partial charge >= 0.3 is 0 Å². The third-order valence-electron chi connectivity index (χ3n) is 2.34. The zero-order chi connectivity index (χ0) is 13.9. The smallest absolute Gasteiger partial charge is 0.243 e. The molecule has 0 aliphatic rings. The molecule has 0 saturated carbocycles. The first-order chi connectivity index (χ1) is 8.34. The predicted molar refractivity (Wildman–Crippen MR) is 67.4 cm³/mol. The van der Waals surface area contributed by atoms with Crippen LogP contribution in [0.25, 0.3) is 0 Å². The number of hydrogen-bond acceptors (Lipinski definition) is 4. The summed E-state index contributed by atoms with van der Waals surface area (Å²) < 4.78 is 43.4. The molecule has 0 amide bonds. The normalized spacial score (nSPS) is 11.6. The summed E-state index contributed by atoms with van der Waals surface area (Å²) in [4.78, 5) is -0.220. The van der Waals surface area contributed by atoms with Gasteiger partial charge in [0, 0.05) is 13.6 Å². The van der Waals surface area contributed by atoms with Gasteiger partial charge in [0.1, 0.15) is 0 Å². The molecule has 18 heavy (non-hydrogen) atoms. The largest absolute Gasteiger partial charge is 0.492 e. The Morgan fingerprint density at radius 2 is 2.17 bits per heavy atom. The van der Waals surface area contributed by atoms with Crippen LogP contribution >= 0.6 is 0 Å². The summed E-state index contributed by atoms with van der Waals surface area (Å²) in [6.07, 6.45) is 1.43. The van der Waals surface area contributed by atoms with Crippen LogP contribution in [0.1, 0.15) is 0 Å². The fourth-order valence-corrected chi connectivity index (χ4v) is 2.60. The van der Waals surface area contributed by atoms with Crippen LogP contribution in [0.2, 0.25) is 0 Å². The first kappa shape index (κ1) is 14.5. The molecule has 0 spiro atoms. The second kappa shape index (κ2) is 5.36. The number of nitrogens with two attached hydrogens (primary N) is 1. The molecular formula is C11H15FN2O3S. The van der Waals surface area contributed by atoms with Gasteiger partial charge in [0.25, 0.3) is 0 Å². The van der Waals surface area contributed by atoms with Gasteiger partial charge in [-0.2, -0.15) is 4.31 Å². The number of benzene rings is 1. The Kier molecular flexibility index (Phi) is 4.31. The lowest BCUT2D eigenvalue weighted by molar-refractivity contribution is 0.387. The zero-order valence-electron chi connectivity index (χ0n) is 10.2. The molecule has 0 bridgehead atoms. The summed E-state index contributed by atoms with van der Waals surface area (Å²) in [6.45, 7) is 3.57. The van der Waals surface area contributed by atoms with Crippen LogP contribution in [0.3, 0.4) is 0 Å². The standard InChI is InChI=1S/C11H15FN2O3S/c1-4-5-14(2)18(15,16)8-6-9(12)11(17-3)10(13)7-8/h4,6-7H,1,5,13H2,2-3H3. The van der Waals surface area contributed by atoms with E-state index in [1.54, 1.807) is 0 Å². The van der Waals surface area contributed by atoms with E-state index in [0.29, 0.717) is 0 Å². The van der Waals surface area contributed by atoms with Crippen molar-refractivity contribution in [1.29, 1.82) is 0 Å². The summed E-state index contributed by atoms with van der Waals surface area (Å²) in [6, 6.07) is 2.04. The number of nitrogen functional groups attached to an aromatic ring is 1. The lowest BCUT2D eigenvalue weighted by atomic mass is 10.3. The maximum absolute atomic E-state index is 13.6. The molecular weight excluding hydrogens is 259 g/mol. The minimum atomic E-state index is -3.78. The third-order valence-corrected chi connectivity index (χ3v) is 4.15. The molecule has 0 saturated heterocycles. The lowest BCUT2D eigenvalue weighted by Crippen LogP contribution is -2.27. The van der Waals surface area contributed by atoms with Gasteiger partial charge in [0.15, 0.2) is 11.6 Å². The average Bonchev–Trinajstić information content (AvgIpc) is 2.28. The molecule has 0 atom stereocenters. The Balaban J connectivity index is 3.31. The predicted octanol–water partition coefficient (Wildman–Crippen LogP) is 1.22. The zero-order valence-corrected chi connectivity index (χ0v) is 11.0. The molecule has 0 aliphatic heterocycles. The van der Waals surface area contributed by atoms with Gasteiger partial charge < -0.3 is 10.5 Å². The van der Waals surface area contributed by atoms with E-state index >= 15 is 0 Å². The minimum Gasteiger partial charge on any atom is -0.492 e. The molecule has 0 heterocycles. The Labute approximate surface area is 106 Å². The molecule has 0 fully saturated rings. The lowest BCUT2D eigenvalue weighted by Gasteiger charge is -2.16. The molecule has 100 valence electrons. The maximum atomic E-state index is 13.6. The van der Waals surface area contributed by atoms with E-state index in [0.717, 1.165) is 16.4 Å². The van der Waals surface area contributed by atoms with Gasteiger partial charge in [-0.25, -0.2) is 12.8 Å². The molecule has 0 radical (unpaired) electrons. The van der Waals surface area contributed by atoms with Gasteiger partial charge in [0.2, 0.25) is 10.0 Å². The fourth-order valence-electron chi connectivity index (χ4n) is 1.41. The van der Waals surface area contributed by atoms with Gasteiger partial charge in [-0.1, -0.05) is 6.08 Å². The number of rotatable bonds is 5. The van der Waals surface area contributed by atoms with Crippen LogP contribution in [0, 0.1) is 5.82 Å². The number of nitrogens with zero attached hydrogens (tertiary/aromatic N) is 1. The highest BCUT2D eigenvalue weighted by Gasteiger charge is 2.22. The highest BCUT2D eigenvalue weighted by atomic mass is 32.2. The summed E-state index contributed by atoms with van der Waals surface area (Å²) in [5, 5.41) is 0. The highest BCUT2D eigenvalue weighted by Crippen LogP contribution is 2.29. The van der Waals surface area contributed by atoms with Gasteiger partial charge in [-0.3, -0.25) is 0 Å². The van der Waals surface area contributed by atoms with Crippen molar-refractivity contribution in [2.75, 3.05) is 26.4 Å². The van der Waals surface area contributed by atoms with Crippen molar-refractivity contribution in [3.8, 4) is 5.75 Å². The summed E-state index contributed by atoms with van der Waals surface area (Å²) in [5.74, 6) is -0.983. The molecule has 1 aromatic rings. The Morgan fingerprint density at radius 3 is 2.61 bits per heavy atom. The molecule has 1 rings (SSSR count). The van der Waals surface area contributed by atoms with Crippen LogP contribution in [0.5, 0.6) is 5.75 Å². The Bertz CT molecular complexity index is 534. The molecule has 7 heteroatoms. The van der Waals surface area contributed by atoms with Crippen molar-refractivity contribution >= 4 is 15.7 Å². The number of halogens is 1. The SMILES string of the molecule is C=CCN(C)S(=O)(=O)c1cc(N)c(OC)c(F)c1. The van der Waals surface area contributed by atoms with Crippen LogP contribution in [0.4, 0.5) is 10.1 Å². The van der Waals surface area contributed by atoms with E-state index < -0.39 is 15.8 Å². The van der Waals surface area contributed by atoms with E-state index in [4.69, 9.17) is 10.5 Å². The second-order valence-electron chi connectivity index (χ2n) is 3.60. The summed E-state index contributed by atoms with van der Waals surface area (Å²) in [7, 11) is -1.16. The molecule has 1 aromatic carbocycles. The van der Waals surface area contributed by atoms with Crippen molar-refractivity contribution < 1.29 is 17.5 Å². The van der Waals surface area contributed by atoms with Crippen molar-refractivity contribution in [2.45, 2.75) is 4.90 Å². The summed E-state index contributed by atoms with van der Waals surface area (Å²) >= 11 is 0. The van der Waals surface area contributed by atoms with Crippen LogP contribution in [-0.2, 0) is 10.0 Å². The second-order valence-corrected chi connectivity index (χ2v) is 5.65. The number of sulfonamides is 1. The van der Waals surface area contributed by atoms with Crippen molar-refractivity contribution in [2.24, 2.45) is 0 Å². The minimum absolute atomic E-state index is 0.0666. The number of anilines is 1. The quantitative estimate of drug-likeness (QED) is 0.647. The van der Waals surface area contributed by atoms with Crippen LogP contribution in [0.15, 0.2) is 29.7 Å². The molecule has 0 aromatic heterocycles. The monoisotopic (exact) mass is 274 g/mol. The number of ether oxygens (including phenoxy) is 1. The molecule has 0 aliphatic carbocycles. The molecule has 5 nitrogen and oxygen atoms in total. The first-order valence-electron chi connectivity index (χ1n) is 5.04. The summed E-state index contributed by atoms with van der Waals surface area (Å²) in [5.41, 5.74) is 5.47. The van der Waals surface area contributed by atoms with E-state index in [1.165, 1.54) is 20.2 Å². The Morgan fingerprint density at radius 1 is 1.56 bits per heavy atom. The Hall–Kier alpha value is -1.60. The van der Waals surface area contributed by atoms with E-state index in [2.05, 4.69) is 6.58 Å². The molecule has 0 unspecified atom stereocenters. The van der Waals surface area contributed by atoms with E-state index in [-0.39, 0.29) is 22.9 Å². The molecule has 2 N–H and O–H groups in total. The fraction of sp³-hybridized carbons (Fsp3) is 0.273. The van der Waals surface area contributed by atoms with Gasteiger partial charge in [-0.15, -0.1) is 6.58 Å². The maximum Gasteiger partial charge on any atom is 0.243 e. The first-order valence-corrected chi connectivity index (χ1v) is 6.48. The van der Waals surface area contributed by atoms with Crippen molar-refractivity contribution in [1.82, 2.24) is 4.31 Å². The van der Waals surface area contributed by atoms with Gasteiger partial charge in [0.05, 0.1) is 17.7 Å². The van der Waals surface area contributed by atoms with Crippen LogP contribution < -0.4 is 10.5 Å². The van der Waals surface area contributed by atoms with Crippen molar-refractivity contribution in [3.05, 3.63) is 30.6 Å². The number of methoxy groups -OCH3 is 1. The topological polar surface area (TPSA) is 72.6 Å². The van der Waals surface area contributed by atoms with Gasteiger partial charge in [-0.05, 0) is 12.1 Å².